The molecular formula is C17H23F3O5S2. The summed E-state index contributed by atoms with van der Waals surface area (Å²) in [5.74, 6) is -1.18. The summed E-state index contributed by atoms with van der Waals surface area (Å²) in [6.07, 6.45) is -0.863. The molecule has 1 aromatic carbocycles. The van der Waals surface area contributed by atoms with Crippen LogP contribution in [0.5, 0.6) is 0 Å². The highest BCUT2D eigenvalue weighted by atomic mass is 32.2. The van der Waals surface area contributed by atoms with Crippen molar-refractivity contribution < 1.29 is 35.6 Å². The van der Waals surface area contributed by atoms with Gasteiger partial charge in [-0.1, -0.05) is 50.2 Å². The van der Waals surface area contributed by atoms with E-state index >= 15 is 0 Å². The van der Waals surface area contributed by atoms with Gasteiger partial charge in [0.1, 0.15) is 0 Å². The number of alkyl halides is 3. The number of benzene rings is 1. The van der Waals surface area contributed by atoms with E-state index in [9.17, 15) is 26.7 Å². The highest BCUT2D eigenvalue weighted by Crippen LogP contribution is 2.52. The summed E-state index contributed by atoms with van der Waals surface area (Å²) in [4.78, 5) is 0.489. The van der Waals surface area contributed by atoms with Crippen LogP contribution in [0.3, 0.4) is 0 Å². The lowest BCUT2D eigenvalue weighted by molar-refractivity contribution is -0.245. The average molecular weight is 428 g/mol. The minimum Gasteiger partial charge on any atom is -0.394 e. The van der Waals surface area contributed by atoms with Gasteiger partial charge in [-0.05, 0) is 30.9 Å². The Morgan fingerprint density at radius 3 is 2.22 bits per heavy atom. The van der Waals surface area contributed by atoms with Gasteiger partial charge in [-0.3, -0.25) is 0 Å². The molecule has 0 amide bonds. The van der Waals surface area contributed by atoms with E-state index in [1.807, 2.05) is 6.92 Å². The van der Waals surface area contributed by atoms with Gasteiger partial charge in [-0.25, -0.2) is 4.18 Å². The van der Waals surface area contributed by atoms with Crippen LogP contribution in [0, 0.1) is 24.7 Å². The standard InChI is InChI=1S/C17H23F3O5S2/c1-10-5-7-14(8-6-10)26-16(25-27(22,23)17(18,19)20)13(4)11(2)12(3)15(9-21)24-16/h5-8,11-13,15,21H,9H2,1-4H3/t11-,12-,13?,15?,16-/m0/s1. The van der Waals surface area contributed by atoms with Crippen LogP contribution >= 0.6 is 11.8 Å². The molecule has 1 saturated heterocycles. The van der Waals surface area contributed by atoms with E-state index in [-0.39, 0.29) is 11.8 Å². The van der Waals surface area contributed by atoms with Crippen molar-refractivity contribution in [3.8, 4) is 0 Å². The summed E-state index contributed by atoms with van der Waals surface area (Å²) in [5.41, 5.74) is -4.65. The van der Waals surface area contributed by atoms with Gasteiger partial charge in [0.25, 0.3) is 0 Å². The largest absolute Gasteiger partial charge is 0.523 e. The molecule has 0 radical (unpaired) electrons. The Morgan fingerprint density at radius 1 is 1.19 bits per heavy atom. The van der Waals surface area contributed by atoms with E-state index in [1.54, 1.807) is 45.0 Å². The molecule has 0 spiro atoms. The summed E-state index contributed by atoms with van der Waals surface area (Å²) in [5, 5.41) is 7.45. The van der Waals surface area contributed by atoms with Gasteiger partial charge in [0, 0.05) is 10.8 Å². The van der Waals surface area contributed by atoms with E-state index in [0.29, 0.717) is 4.90 Å². The van der Waals surface area contributed by atoms with Crippen molar-refractivity contribution >= 4 is 21.9 Å². The lowest BCUT2D eigenvalue weighted by Crippen LogP contribution is -2.56. The Labute approximate surface area is 161 Å². The third kappa shape index (κ3) is 4.61. The van der Waals surface area contributed by atoms with Gasteiger partial charge in [0.05, 0.1) is 12.7 Å². The van der Waals surface area contributed by atoms with E-state index < -0.39 is 39.4 Å². The van der Waals surface area contributed by atoms with Crippen LogP contribution in [-0.4, -0.2) is 36.9 Å². The molecule has 1 heterocycles. The van der Waals surface area contributed by atoms with Crippen molar-refractivity contribution in [3.05, 3.63) is 29.8 Å². The normalized spacial score (nSPS) is 32.4. The zero-order valence-corrected chi connectivity index (χ0v) is 17.0. The van der Waals surface area contributed by atoms with Gasteiger partial charge in [0.15, 0.2) is 0 Å². The molecule has 154 valence electrons. The Morgan fingerprint density at radius 2 is 1.74 bits per heavy atom. The summed E-state index contributed by atoms with van der Waals surface area (Å²) in [7, 11) is -5.92. The van der Waals surface area contributed by atoms with Crippen LogP contribution in [0.2, 0.25) is 0 Å². The number of aryl methyl sites for hydroxylation is 1. The summed E-state index contributed by atoms with van der Waals surface area (Å²) in [6.45, 7) is 6.53. The first-order chi connectivity index (χ1) is 12.3. The molecule has 1 aromatic rings. The van der Waals surface area contributed by atoms with Crippen LogP contribution in [0.1, 0.15) is 26.3 Å². The molecule has 5 atom stereocenters. The number of ether oxygens (including phenoxy) is 1. The van der Waals surface area contributed by atoms with Crippen molar-refractivity contribution in [2.45, 2.75) is 49.3 Å². The molecule has 1 N–H and O–H groups in total. The molecule has 0 aromatic heterocycles. The molecule has 0 aliphatic carbocycles. The van der Waals surface area contributed by atoms with E-state index in [0.717, 1.165) is 17.3 Å². The van der Waals surface area contributed by atoms with Crippen LogP contribution in [0.4, 0.5) is 13.2 Å². The monoisotopic (exact) mass is 428 g/mol. The second-order valence-corrected chi connectivity index (χ2v) is 9.63. The van der Waals surface area contributed by atoms with Crippen molar-refractivity contribution in [1.29, 1.82) is 0 Å². The second kappa shape index (κ2) is 7.90. The zero-order valence-electron chi connectivity index (χ0n) is 15.4. The number of halogens is 3. The number of thioether (sulfide) groups is 1. The molecule has 10 heteroatoms. The molecule has 1 fully saturated rings. The van der Waals surface area contributed by atoms with Gasteiger partial charge in [-0.15, -0.1) is 0 Å². The Bertz CT molecular complexity index is 749. The van der Waals surface area contributed by atoms with Crippen LogP contribution in [0.15, 0.2) is 29.2 Å². The Kier molecular flexibility index (Phi) is 6.58. The van der Waals surface area contributed by atoms with Gasteiger partial charge in [-0.2, -0.15) is 21.6 Å². The fourth-order valence-electron chi connectivity index (χ4n) is 2.95. The topological polar surface area (TPSA) is 72.8 Å². The quantitative estimate of drug-likeness (QED) is 0.436. The maximum atomic E-state index is 13.0. The number of rotatable bonds is 5. The summed E-state index contributed by atoms with van der Waals surface area (Å²) in [6, 6.07) is 6.80. The number of hydrogen-bond donors (Lipinski definition) is 1. The molecule has 0 bridgehead atoms. The van der Waals surface area contributed by atoms with Crippen molar-refractivity contribution in [2.24, 2.45) is 17.8 Å². The fraction of sp³-hybridized carbons (Fsp3) is 0.647. The van der Waals surface area contributed by atoms with Crippen LogP contribution in [0.25, 0.3) is 0 Å². The van der Waals surface area contributed by atoms with Crippen molar-refractivity contribution in [2.75, 3.05) is 6.61 Å². The number of aliphatic hydroxyl groups is 1. The summed E-state index contributed by atoms with van der Waals surface area (Å²) < 4.78 is 73.0. The molecule has 0 saturated carbocycles. The minimum atomic E-state index is -5.92. The first-order valence-corrected chi connectivity index (χ1v) is 10.6. The maximum Gasteiger partial charge on any atom is 0.523 e. The van der Waals surface area contributed by atoms with Crippen LogP contribution in [-0.2, 0) is 19.0 Å². The zero-order chi connectivity index (χ0) is 20.6. The highest BCUT2D eigenvalue weighted by molar-refractivity contribution is 8.01. The average Bonchev–Trinajstić information content (AvgIpc) is 2.57. The maximum absolute atomic E-state index is 13.0. The van der Waals surface area contributed by atoms with Crippen LogP contribution < -0.4 is 0 Å². The molecular weight excluding hydrogens is 405 g/mol. The number of aliphatic hydroxyl groups excluding tert-OH is 1. The van der Waals surface area contributed by atoms with E-state index in [4.69, 9.17) is 8.92 Å². The minimum absolute atomic E-state index is 0.200. The molecule has 1 aliphatic rings. The van der Waals surface area contributed by atoms with E-state index in [2.05, 4.69) is 0 Å². The van der Waals surface area contributed by atoms with Gasteiger partial charge >= 0.3 is 15.6 Å². The lowest BCUT2D eigenvalue weighted by Gasteiger charge is -2.49. The lowest BCUT2D eigenvalue weighted by atomic mass is 9.79. The van der Waals surface area contributed by atoms with Crippen molar-refractivity contribution in [3.63, 3.8) is 0 Å². The predicted molar refractivity (Wildman–Crippen MR) is 95.3 cm³/mol. The van der Waals surface area contributed by atoms with E-state index in [1.165, 1.54) is 0 Å². The SMILES string of the molecule is Cc1ccc(S[C@]2(OS(=O)(=O)C(F)(F)F)OC(CO)[C@@H](C)[C@H](C)C2C)cc1. The number of hydrogen-bond acceptors (Lipinski definition) is 6. The van der Waals surface area contributed by atoms with Gasteiger partial charge < -0.3 is 9.84 Å². The molecule has 5 nitrogen and oxygen atoms in total. The molecule has 2 unspecified atom stereocenters. The summed E-state index contributed by atoms with van der Waals surface area (Å²) >= 11 is 0.762. The first kappa shape index (κ1) is 22.5. The third-order valence-electron chi connectivity index (χ3n) is 5.05. The van der Waals surface area contributed by atoms with Crippen molar-refractivity contribution in [1.82, 2.24) is 0 Å². The molecule has 2 rings (SSSR count). The highest BCUT2D eigenvalue weighted by Gasteiger charge is 2.59. The first-order valence-electron chi connectivity index (χ1n) is 8.39. The van der Waals surface area contributed by atoms with Gasteiger partial charge in [0.2, 0.25) is 5.12 Å². The third-order valence-corrected chi connectivity index (χ3v) is 7.53. The smallest absolute Gasteiger partial charge is 0.394 e. The Balaban J connectivity index is 2.51. The fourth-order valence-corrected chi connectivity index (χ4v) is 5.11. The molecule has 1 aliphatic heterocycles. The Hall–Kier alpha value is -0.810. The second-order valence-electron chi connectivity index (χ2n) is 6.85. The predicted octanol–water partition coefficient (Wildman–Crippen LogP) is 3.91. The molecule has 27 heavy (non-hydrogen) atoms.